The first-order valence-corrected chi connectivity index (χ1v) is 8.98. The number of nitrogens with one attached hydrogen (secondary N) is 2. The number of hydrogen-bond donors (Lipinski definition) is 2. The maximum Gasteiger partial charge on any atom is 0.190 e. The van der Waals surface area contributed by atoms with Crippen molar-refractivity contribution >= 4 is 5.96 Å². The van der Waals surface area contributed by atoms with Gasteiger partial charge >= 0.3 is 0 Å². The average molecular weight is 317 g/mol. The Kier molecular flexibility index (Phi) is 8.56. The molecule has 0 spiro atoms. The predicted molar refractivity (Wildman–Crippen MR) is 97.0 cm³/mol. The van der Waals surface area contributed by atoms with Crippen LogP contribution in [0.15, 0.2) is 35.3 Å². The van der Waals surface area contributed by atoms with Gasteiger partial charge in [-0.25, -0.2) is 0 Å². The first-order valence-electron chi connectivity index (χ1n) is 8.98. The molecule has 0 atom stereocenters. The van der Waals surface area contributed by atoms with Crippen LogP contribution in [0.5, 0.6) is 0 Å². The molecule has 0 aliphatic heterocycles. The van der Waals surface area contributed by atoms with Gasteiger partial charge in [0, 0.05) is 26.7 Å². The number of guanidine groups is 1. The molecule has 128 valence electrons. The molecule has 23 heavy (non-hydrogen) atoms. The molecule has 1 aliphatic carbocycles. The van der Waals surface area contributed by atoms with Crippen molar-refractivity contribution in [2.75, 3.05) is 26.7 Å². The van der Waals surface area contributed by atoms with Gasteiger partial charge in [0.05, 0.1) is 6.10 Å². The van der Waals surface area contributed by atoms with Crippen molar-refractivity contribution in [1.29, 1.82) is 0 Å². The third-order valence-corrected chi connectivity index (χ3v) is 4.29. The van der Waals surface area contributed by atoms with Crippen LogP contribution in [0.3, 0.4) is 0 Å². The van der Waals surface area contributed by atoms with Crippen molar-refractivity contribution < 1.29 is 4.74 Å². The summed E-state index contributed by atoms with van der Waals surface area (Å²) < 4.78 is 5.94. The van der Waals surface area contributed by atoms with E-state index in [1.807, 2.05) is 13.1 Å². The van der Waals surface area contributed by atoms with Crippen molar-refractivity contribution in [3.63, 3.8) is 0 Å². The molecular weight excluding hydrogens is 286 g/mol. The topological polar surface area (TPSA) is 45.7 Å². The van der Waals surface area contributed by atoms with Gasteiger partial charge in [0.1, 0.15) is 0 Å². The number of ether oxygens (including phenoxy) is 1. The van der Waals surface area contributed by atoms with Crippen LogP contribution in [-0.2, 0) is 11.2 Å². The molecule has 4 heteroatoms. The van der Waals surface area contributed by atoms with Gasteiger partial charge < -0.3 is 15.4 Å². The van der Waals surface area contributed by atoms with E-state index in [2.05, 4.69) is 39.9 Å². The summed E-state index contributed by atoms with van der Waals surface area (Å²) in [7, 11) is 1.82. The molecule has 1 fully saturated rings. The molecule has 0 radical (unpaired) electrons. The van der Waals surface area contributed by atoms with Crippen LogP contribution in [-0.4, -0.2) is 38.8 Å². The molecule has 0 saturated heterocycles. The maximum absolute atomic E-state index is 5.94. The Morgan fingerprint density at radius 1 is 1.09 bits per heavy atom. The fourth-order valence-corrected chi connectivity index (χ4v) is 2.95. The lowest BCUT2D eigenvalue weighted by atomic mass is 9.98. The Morgan fingerprint density at radius 3 is 2.57 bits per heavy atom. The van der Waals surface area contributed by atoms with Crippen molar-refractivity contribution in [3.8, 4) is 0 Å². The van der Waals surface area contributed by atoms with E-state index in [0.717, 1.165) is 38.5 Å². The van der Waals surface area contributed by atoms with Gasteiger partial charge in [0.2, 0.25) is 0 Å². The lowest BCUT2D eigenvalue weighted by Gasteiger charge is -2.22. The molecule has 0 bridgehead atoms. The van der Waals surface area contributed by atoms with Gasteiger partial charge in [0.15, 0.2) is 5.96 Å². The molecule has 0 amide bonds. The SMILES string of the molecule is CN=C(NCCCOC1CCCCC1)NCCc1ccccc1. The average Bonchev–Trinajstić information content (AvgIpc) is 2.61. The van der Waals surface area contributed by atoms with Crippen LogP contribution in [0, 0.1) is 0 Å². The second-order valence-electron chi connectivity index (χ2n) is 6.15. The Balaban J connectivity index is 1.51. The lowest BCUT2D eigenvalue weighted by Crippen LogP contribution is -2.39. The van der Waals surface area contributed by atoms with E-state index in [4.69, 9.17) is 4.74 Å². The first kappa shape index (κ1) is 17.8. The Labute approximate surface area is 140 Å². The van der Waals surface area contributed by atoms with E-state index in [9.17, 15) is 0 Å². The van der Waals surface area contributed by atoms with E-state index in [1.165, 1.54) is 37.7 Å². The van der Waals surface area contributed by atoms with Crippen LogP contribution in [0.25, 0.3) is 0 Å². The first-order chi connectivity index (χ1) is 11.4. The highest BCUT2D eigenvalue weighted by Crippen LogP contribution is 2.20. The highest BCUT2D eigenvalue weighted by Gasteiger charge is 2.12. The molecule has 0 aromatic heterocycles. The lowest BCUT2D eigenvalue weighted by molar-refractivity contribution is 0.0277. The number of aliphatic imine (C=N–C) groups is 1. The highest BCUT2D eigenvalue weighted by atomic mass is 16.5. The fraction of sp³-hybridized carbons (Fsp3) is 0.632. The summed E-state index contributed by atoms with van der Waals surface area (Å²) in [6, 6.07) is 10.5. The zero-order valence-corrected chi connectivity index (χ0v) is 14.4. The van der Waals surface area contributed by atoms with Gasteiger partial charge in [-0.1, -0.05) is 49.6 Å². The quantitative estimate of drug-likeness (QED) is 0.440. The normalized spacial score (nSPS) is 16.3. The largest absolute Gasteiger partial charge is 0.378 e. The summed E-state index contributed by atoms with van der Waals surface area (Å²) in [4.78, 5) is 4.26. The van der Waals surface area contributed by atoms with Crippen LogP contribution in [0.2, 0.25) is 0 Å². The molecule has 1 saturated carbocycles. The predicted octanol–water partition coefficient (Wildman–Crippen LogP) is 3.13. The fourth-order valence-electron chi connectivity index (χ4n) is 2.95. The van der Waals surface area contributed by atoms with E-state index < -0.39 is 0 Å². The van der Waals surface area contributed by atoms with Crippen LogP contribution < -0.4 is 10.6 Å². The van der Waals surface area contributed by atoms with E-state index >= 15 is 0 Å². The Morgan fingerprint density at radius 2 is 1.83 bits per heavy atom. The molecule has 0 heterocycles. The van der Waals surface area contributed by atoms with E-state index in [1.54, 1.807) is 0 Å². The van der Waals surface area contributed by atoms with Crippen molar-refractivity contribution in [2.45, 2.75) is 51.0 Å². The molecule has 1 aromatic rings. The summed E-state index contributed by atoms with van der Waals surface area (Å²) in [6.07, 6.45) is 9.08. The highest BCUT2D eigenvalue weighted by molar-refractivity contribution is 5.79. The second kappa shape index (κ2) is 11.1. The number of nitrogens with zero attached hydrogens (tertiary/aromatic N) is 1. The molecule has 0 unspecified atom stereocenters. The number of benzene rings is 1. The molecule has 4 nitrogen and oxygen atoms in total. The third kappa shape index (κ3) is 7.51. The molecule has 1 aromatic carbocycles. The summed E-state index contributed by atoms with van der Waals surface area (Å²) in [5, 5.41) is 6.71. The summed E-state index contributed by atoms with van der Waals surface area (Å²) in [6.45, 7) is 2.64. The van der Waals surface area contributed by atoms with Crippen LogP contribution in [0.1, 0.15) is 44.1 Å². The molecule has 2 rings (SSSR count). The summed E-state index contributed by atoms with van der Waals surface area (Å²) in [5.74, 6) is 0.874. The second-order valence-corrected chi connectivity index (χ2v) is 6.15. The van der Waals surface area contributed by atoms with Crippen LogP contribution in [0.4, 0.5) is 0 Å². The third-order valence-electron chi connectivity index (χ3n) is 4.29. The van der Waals surface area contributed by atoms with E-state index in [-0.39, 0.29) is 0 Å². The summed E-state index contributed by atoms with van der Waals surface area (Å²) in [5.41, 5.74) is 1.34. The van der Waals surface area contributed by atoms with Crippen molar-refractivity contribution in [3.05, 3.63) is 35.9 Å². The Bertz CT molecular complexity index is 441. The zero-order chi connectivity index (χ0) is 16.2. The zero-order valence-electron chi connectivity index (χ0n) is 14.4. The Hall–Kier alpha value is -1.55. The van der Waals surface area contributed by atoms with Gasteiger partial charge in [-0.05, 0) is 31.2 Å². The standard InChI is InChI=1S/C19H31N3O/c1-20-19(22-15-13-17-9-4-2-5-10-17)21-14-8-16-23-18-11-6-3-7-12-18/h2,4-5,9-10,18H,3,6-8,11-16H2,1H3,(H2,20,21,22). The number of hydrogen-bond acceptors (Lipinski definition) is 2. The van der Waals surface area contributed by atoms with Gasteiger partial charge in [0.25, 0.3) is 0 Å². The maximum atomic E-state index is 5.94. The van der Waals surface area contributed by atoms with Gasteiger partial charge in [-0.2, -0.15) is 0 Å². The minimum atomic E-state index is 0.507. The molecule has 2 N–H and O–H groups in total. The molecular formula is C19H31N3O. The van der Waals surface area contributed by atoms with Crippen molar-refractivity contribution in [2.24, 2.45) is 4.99 Å². The minimum absolute atomic E-state index is 0.507. The van der Waals surface area contributed by atoms with Gasteiger partial charge in [-0.15, -0.1) is 0 Å². The van der Waals surface area contributed by atoms with Crippen LogP contribution >= 0.6 is 0 Å². The minimum Gasteiger partial charge on any atom is -0.378 e. The van der Waals surface area contributed by atoms with Gasteiger partial charge in [-0.3, -0.25) is 4.99 Å². The van der Waals surface area contributed by atoms with Crippen molar-refractivity contribution in [1.82, 2.24) is 10.6 Å². The summed E-state index contributed by atoms with van der Waals surface area (Å²) >= 11 is 0. The smallest absolute Gasteiger partial charge is 0.190 e. The van der Waals surface area contributed by atoms with E-state index in [0.29, 0.717) is 6.10 Å². The molecule has 1 aliphatic rings. The number of rotatable bonds is 8. The monoisotopic (exact) mass is 317 g/mol.